The molecule has 2 heterocycles. The smallest absolute Gasteiger partial charge is 0.256 e. The number of nitrogens with zero attached hydrogens (tertiary/aromatic N) is 2. The SMILES string of the molecule is CCC1=C(C(=O)Nc2ccc(Oc3ccc(F)cc3)c(C)c2)c2cc(-c3cncc(CN(C)C)c3)ccc2NC1. The Hall–Kier alpha value is -4.49. The van der Waals surface area contributed by atoms with Gasteiger partial charge in [0.2, 0.25) is 0 Å². The predicted molar refractivity (Wildman–Crippen MR) is 159 cm³/mol. The van der Waals surface area contributed by atoms with Crippen molar-refractivity contribution in [1.82, 2.24) is 9.88 Å². The fraction of sp³-hybridized carbons (Fsp3) is 0.212. The van der Waals surface area contributed by atoms with Gasteiger partial charge in [-0.1, -0.05) is 13.0 Å². The first-order valence-corrected chi connectivity index (χ1v) is 13.4. The van der Waals surface area contributed by atoms with E-state index in [4.69, 9.17) is 4.74 Å². The molecule has 0 unspecified atom stereocenters. The fourth-order valence-electron chi connectivity index (χ4n) is 4.91. The van der Waals surface area contributed by atoms with Crippen LogP contribution in [0.1, 0.15) is 30.0 Å². The zero-order valence-electron chi connectivity index (χ0n) is 23.2. The minimum absolute atomic E-state index is 0.150. The quantitative estimate of drug-likeness (QED) is 0.248. The van der Waals surface area contributed by atoms with Gasteiger partial charge >= 0.3 is 0 Å². The number of rotatable bonds is 8. The van der Waals surface area contributed by atoms with Crippen LogP contribution in [0.5, 0.6) is 11.5 Å². The molecule has 4 aromatic rings. The predicted octanol–water partition coefficient (Wildman–Crippen LogP) is 7.28. The first-order valence-electron chi connectivity index (χ1n) is 13.4. The Balaban J connectivity index is 1.41. The highest BCUT2D eigenvalue weighted by molar-refractivity contribution is 6.28. The topological polar surface area (TPSA) is 66.5 Å². The number of amides is 1. The molecule has 204 valence electrons. The second kappa shape index (κ2) is 11.7. The molecule has 6 nitrogen and oxygen atoms in total. The van der Waals surface area contributed by atoms with Gasteiger partial charge in [-0.15, -0.1) is 0 Å². The largest absolute Gasteiger partial charge is 0.457 e. The van der Waals surface area contributed by atoms with Crippen molar-refractivity contribution in [3.05, 3.63) is 107 Å². The third kappa shape index (κ3) is 6.05. The van der Waals surface area contributed by atoms with Crippen molar-refractivity contribution in [2.45, 2.75) is 26.8 Å². The zero-order valence-corrected chi connectivity index (χ0v) is 23.2. The Bertz CT molecular complexity index is 1580. The van der Waals surface area contributed by atoms with Gasteiger partial charge in [-0.25, -0.2) is 4.39 Å². The Kier molecular flexibility index (Phi) is 7.94. The average Bonchev–Trinajstić information content (AvgIpc) is 2.94. The summed E-state index contributed by atoms with van der Waals surface area (Å²) in [6.45, 7) is 5.40. The van der Waals surface area contributed by atoms with E-state index in [1.54, 1.807) is 12.1 Å². The molecule has 0 bridgehead atoms. The number of aromatic nitrogens is 1. The lowest BCUT2D eigenvalue weighted by atomic mass is 9.90. The number of halogens is 1. The summed E-state index contributed by atoms with van der Waals surface area (Å²) in [6.07, 6.45) is 4.50. The number of carbonyl (C=O) groups excluding carboxylic acids is 1. The molecule has 0 fully saturated rings. The van der Waals surface area contributed by atoms with Crippen molar-refractivity contribution in [2.24, 2.45) is 0 Å². The van der Waals surface area contributed by atoms with Crippen molar-refractivity contribution in [1.29, 1.82) is 0 Å². The lowest BCUT2D eigenvalue weighted by molar-refractivity contribution is -0.111. The minimum atomic E-state index is -0.316. The molecule has 40 heavy (non-hydrogen) atoms. The molecule has 1 amide bonds. The number of anilines is 2. The maximum atomic E-state index is 13.8. The summed E-state index contributed by atoms with van der Waals surface area (Å²) in [5, 5.41) is 6.57. The third-order valence-electron chi connectivity index (χ3n) is 6.89. The molecule has 1 aliphatic heterocycles. The average molecular weight is 537 g/mol. The minimum Gasteiger partial charge on any atom is -0.457 e. The second-order valence-corrected chi connectivity index (χ2v) is 10.3. The van der Waals surface area contributed by atoms with Gasteiger partial charge in [0.05, 0.1) is 0 Å². The van der Waals surface area contributed by atoms with Crippen LogP contribution >= 0.6 is 0 Å². The van der Waals surface area contributed by atoms with Crippen LogP contribution in [0.4, 0.5) is 15.8 Å². The van der Waals surface area contributed by atoms with Crippen LogP contribution < -0.4 is 15.4 Å². The number of carbonyl (C=O) groups is 1. The van der Waals surface area contributed by atoms with Gasteiger partial charge in [0, 0.05) is 53.6 Å². The van der Waals surface area contributed by atoms with Gasteiger partial charge in [0.1, 0.15) is 17.3 Å². The summed E-state index contributed by atoms with van der Waals surface area (Å²) < 4.78 is 19.1. The molecular weight excluding hydrogens is 503 g/mol. The van der Waals surface area contributed by atoms with Crippen LogP contribution in [0.15, 0.2) is 84.7 Å². The van der Waals surface area contributed by atoms with E-state index in [1.807, 2.05) is 57.7 Å². The summed E-state index contributed by atoms with van der Waals surface area (Å²) in [7, 11) is 4.07. The Morgan fingerprint density at radius 2 is 1.82 bits per heavy atom. The van der Waals surface area contributed by atoms with Crippen LogP contribution in [0.3, 0.4) is 0 Å². The van der Waals surface area contributed by atoms with Crippen molar-refractivity contribution >= 4 is 22.9 Å². The zero-order chi connectivity index (χ0) is 28.2. The molecule has 1 aliphatic rings. The van der Waals surface area contributed by atoms with Crippen molar-refractivity contribution < 1.29 is 13.9 Å². The molecule has 5 rings (SSSR count). The number of fused-ring (bicyclic) bond motifs is 1. The molecule has 2 N–H and O–H groups in total. The van der Waals surface area contributed by atoms with Gasteiger partial charge in [-0.05, 0) is 110 Å². The van der Waals surface area contributed by atoms with Gasteiger partial charge in [0.25, 0.3) is 5.91 Å². The Labute approximate surface area is 234 Å². The Morgan fingerprint density at radius 1 is 1.02 bits per heavy atom. The van der Waals surface area contributed by atoms with E-state index in [1.165, 1.54) is 12.1 Å². The van der Waals surface area contributed by atoms with Crippen LogP contribution in [-0.2, 0) is 11.3 Å². The van der Waals surface area contributed by atoms with Crippen LogP contribution in [0, 0.1) is 12.7 Å². The molecule has 3 aromatic carbocycles. The number of aryl methyl sites for hydroxylation is 1. The fourth-order valence-corrected chi connectivity index (χ4v) is 4.91. The number of ether oxygens (including phenoxy) is 1. The monoisotopic (exact) mass is 536 g/mol. The van der Waals surface area contributed by atoms with Gasteiger partial charge in [-0.2, -0.15) is 0 Å². The number of nitrogens with one attached hydrogen (secondary N) is 2. The molecule has 0 saturated heterocycles. The van der Waals surface area contributed by atoms with Crippen LogP contribution in [0.2, 0.25) is 0 Å². The third-order valence-corrected chi connectivity index (χ3v) is 6.89. The van der Waals surface area contributed by atoms with Gasteiger partial charge in [-0.3, -0.25) is 9.78 Å². The summed E-state index contributed by atoms with van der Waals surface area (Å²) in [6, 6.07) is 19.7. The lowest BCUT2D eigenvalue weighted by Crippen LogP contribution is -2.22. The van der Waals surface area contributed by atoms with Crippen molar-refractivity contribution in [3.8, 4) is 22.6 Å². The molecule has 0 aliphatic carbocycles. The van der Waals surface area contributed by atoms with Crippen molar-refractivity contribution in [2.75, 3.05) is 31.3 Å². The summed E-state index contributed by atoms with van der Waals surface area (Å²) >= 11 is 0. The normalized spacial score (nSPS) is 12.7. The molecule has 1 aromatic heterocycles. The van der Waals surface area contributed by atoms with Crippen LogP contribution in [0.25, 0.3) is 16.7 Å². The summed E-state index contributed by atoms with van der Waals surface area (Å²) in [4.78, 5) is 20.3. The van der Waals surface area contributed by atoms with E-state index in [-0.39, 0.29) is 11.7 Å². The number of hydrogen-bond donors (Lipinski definition) is 2. The highest BCUT2D eigenvalue weighted by Crippen LogP contribution is 2.37. The van der Waals surface area contributed by atoms with E-state index in [0.29, 0.717) is 29.3 Å². The van der Waals surface area contributed by atoms with E-state index in [2.05, 4.69) is 45.6 Å². The summed E-state index contributed by atoms with van der Waals surface area (Å²) in [5.74, 6) is 0.718. The lowest BCUT2D eigenvalue weighted by Gasteiger charge is -2.25. The van der Waals surface area contributed by atoms with Gasteiger partial charge in [0.15, 0.2) is 0 Å². The number of benzene rings is 3. The van der Waals surface area contributed by atoms with Crippen LogP contribution in [-0.4, -0.2) is 36.4 Å². The molecule has 0 saturated carbocycles. The molecule has 7 heteroatoms. The molecular formula is C33H33FN4O2. The maximum Gasteiger partial charge on any atom is 0.256 e. The molecule has 0 spiro atoms. The van der Waals surface area contributed by atoms with E-state index in [9.17, 15) is 9.18 Å². The first-order chi connectivity index (χ1) is 19.3. The van der Waals surface area contributed by atoms with E-state index in [0.717, 1.165) is 52.0 Å². The molecule has 0 radical (unpaired) electrons. The second-order valence-electron chi connectivity index (χ2n) is 10.3. The number of pyridine rings is 1. The number of hydrogen-bond acceptors (Lipinski definition) is 5. The highest BCUT2D eigenvalue weighted by atomic mass is 19.1. The van der Waals surface area contributed by atoms with E-state index < -0.39 is 0 Å². The molecule has 0 atom stereocenters. The highest BCUT2D eigenvalue weighted by Gasteiger charge is 2.24. The van der Waals surface area contributed by atoms with Crippen molar-refractivity contribution in [3.63, 3.8) is 0 Å². The first kappa shape index (κ1) is 27.1. The summed E-state index contributed by atoms with van der Waals surface area (Å²) in [5.41, 5.74) is 8.23. The van der Waals surface area contributed by atoms with Gasteiger partial charge < -0.3 is 20.3 Å². The maximum absolute atomic E-state index is 13.8. The van der Waals surface area contributed by atoms with E-state index >= 15 is 0 Å². The standard InChI is InChI=1S/C33H33FN4O2/c1-5-23-19-36-30-12-6-24(25-15-22(17-35-18-25)20-38(3)4)16-29(30)32(23)33(39)37-27-9-13-31(21(2)14-27)40-28-10-7-26(34)8-11-28/h6-18,36H,5,19-20H2,1-4H3,(H,37,39). The Morgan fingerprint density at radius 3 is 2.55 bits per heavy atom.